The second kappa shape index (κ2) is 8.93. The Balaban J connectivity index is 1.72. The van der Waals surface area contributed by atoms with E-state index in [1.807, 2.05) is 6.07 Å². The van der Waals surface area contributed by atoms with Gasteiger partial charge in [-0.15, -0.1) is 0 Å². The summed E-state index contributed by atoms with van der Waals surface area (Å²) in [5.74, 6) is -1.17. The van der Waals surface area contributed by atoms with E-state index in [9.17, 15) is 23.6 Å². The predicted octanol–water partition coefficient (Wildman–Crippen LogP) is 4.66. The van der Waals surface area contributed by atoms with Gasteiger partial charge in [0.25, 0.3) is 10.0 Å². The van der Waals surface area contributed by atoms with Crippen LogP contribution >= 0.6 is 11.6 Å². The van der Waals surface area contributed by atoms with Crippen molar-refractivity contribution in [1.82, 2.24) is 0 Å². The van der Waals surface area contributed by atoms with E-state index in [-0.39, 0.29) is 50.4 Å². The quantitative estimate of drug-likeness (QED) is 0.581. The molecule has 0 heterocycles. The Hall–Kier alpha value is -3.27. The number of nitriles is 2. The first kappa shape index (κ1) is 22.9. The molecule has 2 atom stereocenters. The van der Waals surface area contributed by atoms with E-state index in [4.69, 9.17) is 21.6 Å². The summed E-state index contributed by atoms with van der Waals surface area (Å²) in [6, 6.07) is 10.9. The van der Waals surface area contributed by atoms with E-state index in [0.717, 1.165) is 18.9 Å². The number of rotatable bonds is 7. The lowest BCUT2D eigenvalue weighted by molar-refractivity contribution is 0.0696. The third kappa shape index (κ3) is 4.90. The molecule has 170 valence electrons. The zero-order valence-corrected chi connectivity index (χ0v) is 19.0. The second-order valence-corrected chi connectivity index (χ2v) is 10.3. The molecule has 0 amide bonds. The van der Waals surface area contributed by atoms with Crippen LogP contribution < -0.4 is 9.46 Å². The van der Waals surface area contributed by atoms with Gasteiger partial charge in [-0.25, -0.2) is 13.2 Å². The molecule has 2 fully saturated rings. The highest BCUT2D eigenvalue weighted by atomic mass is 35.5. The number of hydrogen-bond acceptors (Lipinski definition) is 6. The van der Waals surface area contributed by atoms with Crippen molar-refractivity contribution in [1.29, 1.82) is 10.5 Å². The number of halogens is 1. The lowest BCUT2D eigenvalue weighted by Gasteiger charge is -2.19. The molecule has 33 heavy (non-hydrogen) atoms. The van der Waals surface area contributed by atoms with Crippen molar-refractivity contribution < 1.29 is 23.1 Å². The first-order valence-electron chi connectivity index (χ1n) is 10.4. The molecule has 2 aromatic carbocycles. The molecule has 0 radical (unpaired) electrons. The lowest BCUT2D eigenvalue weighted by Crippen LogP contribution is -2.18. The zero-order valence-electron chi connectivity index (χ0n) is 17.4. The molecule has 2 aliphatic rings. The van der Waals surface area contributed by atoms with Crippen LogP contribution in [0.2, 0.25) is 5.02 Å². The zero-order chi connectivity index (χ0) is 23.8. The van der Waals surface area contributed by atoms with Gasteiger partial charge in [-0.2, -0.15) is 10.5 Å². The predicted molar refractivity (Wildman–Crippen MR) is 120 cm³/mol. The molecule has 2 aliphatic carbocycles. The minimum Gasteiger partial charge on any atom is -0.488 e. The lowest BCUT2D eigenvalue weighted by atomic mass is 10.1. The van der Waals surface area contributed by atoms with Crippen LogP contribution in [-0.2, 0) is 10.0 Å². The van der Waals surface area contributed by atoms with Crippen LogP contribution in [0.1, 0.15) is 59.5 Å². The molecule has 2 N–H and O–H groups in total. The van der Waals surface area contributed by atoms with E-state index < -0.39 is 16.0 Å². The van der Waals surface area contributed by atoms with Crippen molar-refractivity contribution in [2.24, 2.45) is 5.92 Å². The molecule has 10 heteroatoms. The third-order valence-electron chi connectivity index (χ3n) is 5.86. The first-order chi connectivity index (χ1) is 15.7. The number of anilines is 1. The Morgan fingerprint density at radius 1 is 1.15 bits per heavy atom. The highest BCUT2D eigenvalue weighted by Gasteiger charge is 2.32. The number of sulfonamides is 1. The van der Waals surface area contributed by atoms with Crippen LogP contribution in [-0.4, -0.2) is 25.6 Å². The number of carbonyl (C=O) groups is 1. The van der Waals surface area contributed by atoms with Gasteiger partial charge in [-0.1, -0.05) is 17.7 Å². The van der Waals surface area contributed by atoms with Crippen LogP contribution in [0.25, 0.3) is 0 Å². The summed E-state index contributed by atoms with van der Waals surface area (Å²) < 4.78 is 35.2. The maximum atomic E-state index is 13.4. The summed E-state index contributed by atoms with van der Waals surface area (Å²) in [5.41, 5.74) is 0.499. The Morgan fingerprint density at radius 2 is 1.91 bits per heavy atom. The fraction of sp³-hybridized carbons (Fsp3) is 0.348. The summed E-state index contributed by atoms with van der Waals surface area (Å²) in [5, 5.41) is 28.0. The molecule has 0 aliphatic heterocycles. The van der Waals surface area contributed by atoms with Gasteiger partial charge in [0.05, 0.1) is 32.8 Å². The van der Waals surface area contributed by atoms with Crippen molar-refractivity contribution in [2.45, 2.75) is 49.0 Å². The molecule has 0 bridgehead atoms. The largest absolute Gasteiger partial charge is 0.488 e. The Morgan fingerprint density at radius 3 is 2.52 bits per heavy atom. The number of carboxylic acid groups (broad SMARTS) is 1. The molecule has 0 aromatic heterocycles. The molecule has 0 saturated heterocycles. The topological polar surface area (TPSA) is 140 Å². The summed E-state index contributed by atoms with van der Waals surface area (Å²) in [7, 11) is -4.21. The van der Waals surface area contributed by atoms with E-state index in [2.05, 4.69) is 10.8 Å². The Bertz CT molecular complexity index is 1310. The number of carboxylic acids is 1. The van der Waals surface area contributed by atoms with Gasteiger partial charge >= 0.3 is 5.97 Å². The molecule has 4 rings (SSSR count). The standard InChI is InChI=1S/C23H20ClN3O5S/c24-19-10-21(32-17-5-1-13(7-17)11-25)20(8-16(19)12-26)27-33(30,31)22-9-15(23(28)29)4-6-18(22)14-2-3-14/h4,6,8-10,13-14,17,27H,1-3,5,7H2,(H,28,29). The fourth-order valence-electron chi connectivity index (χ4n) is 3.99. The van der Waals surface area contributed by atoms with E-state index >= 15 is 0 Å². The van der Waals surface area contributed by atoms with E-state index in [1.165, 1.54) is 24.3 Å². The number of benzene rings is 2. The van der Waals surface area contributed by atoms with Crippen molar-refractivity contribution in [3.05, 3.63) is 52.0 Å². The number of ether oxygens (including phenoxy) is 1. The maximum absolute atomic E-state index is 13.4. The van der Waals surface area contributed by atoms with Gasteiger partial charge in [0.15, 0.2) is 0 Å². The SMILES string of the molecule is N#Cc1cc(NS(=O)(=O)c2cc(C(=O)O)ccc2C2CC2)c(OC2CCC(C#N)C2)cc1Cl. The summed E-state index contributed by atoms with van der Waals surface area (Å²) in [6.45, 7) is 0. The second-order valence-electron chi connectivity index (χ2n) is 8.26. The molecule has 0 spiro atoms. The summed E-state index contributed by atoms with van der Waals surface area (Å²) in [6.07, 6.45) is 3.18. The third-order valence-corrected chi connectivity index (χ3v) is 7.60. The first-order valence-corrected chi connectivity index (χ1v) is 12.3. The smallest absolute Gasteiger partial charge is 0.335 e. The minimum absolute atomic E-state index is 0.0267. The molecule has 8 nitrogen and oxygen atoms in total. The van der Waals surface area contributed by atoms with Crippen molar-refractivity contribution >= 4 is 33.3 Å². The number of aromatic carboxylic acids is 1. The van der Waals surface area contributed by atoms with Crippen molar-refractivity contribution in [3.63, 3.8) is 0 Å². The van der Waals surface area contributed by atoms with Gasteiger partial charge < -0.3 is 9.84 Å². The van der Waals surface area contributed by atoms with Gasteiger partial charge in [-0.05, 0) is 55.4 Å². The van der Waals surface area contributed by atoms with E-state index in [1.54, 1.807) is 0 Å². The van der Waals surface area contributed by atoms with Gasteiger partial charge in [0.2, 0.25) is 0 Å². The van der Waals surface area contributed by atoms with E-state index in [0.29, 0.717) is 24.8 Å². The van der Waals surface area contributed by atoms with Crippen molar-refractivity contribution in [3.8, 4) is 17.9 Å². The van der Waals surface area contributed by atoms with Crippen LogP contribution in [0.3, 0.4) is 0 Å². The maximum Gasteiger partial charge on any atom is 0.335 e. The number of nitrogens with one attached hydrogen (secondary N) is 1. The van der Waals surface area contributed by atoms with Gasteiger partial charge in [0, 0.05) is 18.4 Å². The molecular formula is C23H20ClN3O5S. The Labute approximate surface area is 196 Å². The molecule has 2 aromatic rings. The highest BCUT2D eigenvalue weighted by molar-refractivity contribution is 7.92. The molecular weight excluding hydrogens is 466 g/mol. The van der Waals surface area contributed by atoms with Gasteiger partial charge in [-0.3, -0.25) is 4.72 Å². The number of hydrogen-bond donors (Lipinski definition) is 2. The fourth-order valence-corrected chi connectivity index (χ4v) is 5.58. The van der Waals surface area contributed by atoms with Crippen molar-refractivity contribution in [2.75, 3.05) is 4.72 Å². The number of nitrogens with zero attached hydrogens (tertiary/aromatic N) is 2. The van der Waals surface area contributed by atoms with Crippen LogP contribution in [0.4, 0.5) is 5.69 Å². The molecule has 2 saturated carbocycles. The van der Waals surface area contributed by atoms with Crippen LogP contribution in [0.5, 0.6) is 5.75 Å². The van der Waals surface area contributed by atoms with Crippen LogP contribution in [0, 0.1) is 28.6 Å². The highest BCUT2D eigenvalue weighted by Crippen LogP contribution is 2.44. The normalized spacial score (nSPS) is 20.0. The average Bonchev–Trinajstić information content (AvgIpc) is 3.53. The molecule has 2 unspecified atom stereocenters. The summed E-state index contributed by atoms with van der Waals surface area (Å²) in [4.78, 5) is 11.3. The average molecular weight is 486 g/mol. The Kier molecular flexibility index (Phi) is 6.20. The summed E-state index contributed by atoms with van der Waals surface area (Å²) >= 11 is 6.16. The monoisotopic (exact) mass is 485 g/mol. The van der Waals surface area contributed by atoms with Gasteiger partial charge in [0.1, 0.15) is 17.9 Å². The minimum atomic E-state index is -4.21. The van der Waals surface area contributed by atoms with Crippen LogP contribution in [0.15, 0.2) is 35.2 Å².